The van der Waals surface area contributed by atoms with Crippen molar-refractivity contribution < 1.29 is 4.79 Å². The largest absolute Gasteiger partial charge is 0.326 e. The highest BCUT2D eigenvalue weighted by Crippen LogP contribution is 2.24. The van der Waals surface area contributed by atoms with Crippen LogP contribution in [0.4, 0.5) is 10.5 Å². The van der Waals surface area contributed by atoms with Crippen LogP contribution in [0.25, 0.3) is 0 Å². The standard InChI is InChI=1S/C16H23N3O/c1-18-9-10-19(16(18)20)15-4-2-3-14(12-15)11-13-5-7-17-8-6-13/h2-4,12-13,17H,5-11H2,1H3. The maximum absolute atomic E-state index is 12.1. The summed E-state index contributed by atoms with van der Waals surface area (Å²) in [6, 6.07) is 8.62. The van der Waals surface area contributed by atoms with Gasteiger partial charge in [0.25, 0.3) is 0 Å². The Labute approximate surface area is 120 Å². The van der Waals surface area contributed by atoms with Gasteiger partial charge in [0.2, 0.25) is 0 Å². The first-order valence-electron chi connectivity index (χ1n) is 7.56. The lowest BCUT2D eigenvalue weighted by atomic mass is 9.91. The van der Waals surface area contributed by atoms with Crippen molar-refractivity contribution in [3.05, 3.63) is 29.8 Å². The summed E-state index contributed by atoms with van der Waals surface area (Å²) in [5, 5.41) is 3.41. The van der Waals surface area contributed by atoms with E-state index < -0.39 is 0 Å². The van der Waals surface area contributed by atoms with Crippen LogP contribution in [0.15, 0.2) is 24.3 Å². The van der Waals surface area contributed by atoms with Crippen LogP contribution in [-0.2, 0) is 6.42 Å². The first-order valence-corrected chi connectivity index (χ1v) is 7.56. The second kappa shape index (κ2) is 5.83. The molecule has 0 aliphatic carbocycles. The van der Waals surface area contributed by atoms with E-state index in [9.17, 15) is 4.79 Å². The topological polar surface area (TPSA) is 35.6 Å². The van der Waals surface area contributed by atoms with Crippen molar-refractivity contribution in [1.82, 2.24) is 10.2 Å². The van der Waals surface area contributed by atoms with Gasteiger partial charge in [-0.1, -0.05) is 12.1 Å². The predicted molar refractivity (Wildman–Crippen MR) is 81.1 cm³/mol. The molecule has 0 aromatic heterocycles. The van der Waals surface area contributed by atoms with Crippen LogP contribution in [0.2, 0.25) is 0 Å². The van der Waals surface area contributed by atoms with E-state index in [1.807, 2.05) is 18.0 Å². The second-order valence-corrected chi connectivity index (χ2v) is 5.92. The smallest absolute Gasteiger partial charge is 0.324 e. The maximum Gasteiger partial charge on any atom is 0.324 e. The lowest BCUT2D eigenvalue weighted by Gasteiger charge is -2.23. The highest BCUT2D eigenvalue weighted by atomic mass is 16.2. The molecule has 2 heterocycles. The molecule has 0 bridgehead atoms. The third-order valence-corrected chi connectivity index (χ3v) is 4.42. The molecular weight excluding hydrogens is 250 g/mol. The highest BCUT2D eigenvalue weighted by molar-refractivity contribution is 5.93. The van der Waals surface area contributed by atoms with Gasteiger partial charge in [0.1, 0.15) is 0 Å². The number of hydrogen-bond donors (Lipinski definition) is 1. The number of urea groups is 1. The van der Waals surface area contributed by atoms with Gasteiger partial charge in [-0.2, -0.15) is 0 Å². The zero-order chi connectivity index (χ0) is 13.9. The minimum atomic E-state index is 0.115. The molecule has 108 valence electrons. The Balaban J connectivity index is 1.71. The van der Waals surface area contributed by atoms with E-state index in [1.54, 1.807) is 4.90 Å². The van der Waals surface area contributed by atoms with E-state index in [2.05, 4.69) is 23.5 Å². The number of nitrogens with zero attached hydrogens (tertiary/aromatic N) is 2. The van der Waals surface area contributed by atoms with Gasteiger partial charge in [-0.05, 0) is 56.0 Å². The van der Waals surface area contributed by atoms with Crippen LogP contribution >= 0.6 is 0 Å². The van der Waals surface area contributed by atoms with Crippen molar-refractivity contribution in [3.63, 3.8) is 0 Å². The first-order chi connectivity index (χ1) is 9.74. The molecule has 4 nitrogen and oxygen atoms in total. The fourth-order valence-electron chi connectivity index (χ4n) is 3.16. The fraction of sp³-hybridized carbons (Fsp3) is 0.562. The van der Waals surface area contributed by atoms with E-state index in [4.69, 9.17) is 0 Å². The minimum absolute atomic E-state index is 0.115. The molecule has 1 aromatic carbocycles. The third-order valence-electron chi connectivity index (χ3n) is 4.42. The molecule has 3 rings (SSSR count). The van der Waals surface area contributed by atoms with Crippen molar-refractivity contribution >= 4 is 11.7 Å². The summed E-state index contributed by atoms with van der Waals surface area (Å²) < 4.78 is 0. The average molecular weight is 273 g/mol. The van der Waals surface area contributed by atoms with E-state index in [0.717, 1.165) is 44.2 Å². The molecule has 0 spiro atoms. The van der Waals surface area contributed by atoms with Crippen molar-refractivity contribution in [3.8, 4) is 0 Å². The van der Waals surface area contributed by atoms with Gasteiger partial charge in [0, 0.05) is 25.8 Å². The number of piperidine rings is 1. The second-order valence-electron chi connectivity index (χ2n) is 5.92. The Bertz CT molecular complexity index is 482. The zero-order valence-electron chi connectivity index (χ0n) is 12.1. The Morgan fingerprint density at radius 2 is 2.05 bits per heavy atom. The molecule has 0 atom stereocenters. The highest BCUT2D eigenvalue weighted by Gasteiger charge is 2.26. The number of nitrogens with one attached hydrogen (secondary N) is 1. The molecule has 1 aromatic rings. The zero-order valence-corrected chi connectivity index (χ0v) is 12.1. The quantitative estimate of drug-likeness (QED) is 0.915. The van der Waals surface area contributed by atoms with Crippen molar-refractivity contribution in [2.24, 2.45) is 5.92 Å². The molecular formula is C16H23N3O. The number of carbonyl (C=O) groups excluding carboxylic acids is 1. The SMILES string of the molecule is CN1CCN(c2cccc(CC3CCNCC3)c2)C1=O. The van der Waals surface area contributed by atoms with Gasteiger partial charge >= 0.3 is 6.03 Å². The third kappa shape index (κ3) is 2.80. The van der Waals surface area contributed by atoms with E-state index in [0.29, 0.717) is 0 Å². The lowest BCUT2D eigenvalue weighted by molar-refractivity contribution is 0.229. The normalized spacial score (nSPS) is 20.8. The summed E-state index contributed by atoms with van der Waals surface area (Å²) in [6.45, 7) is 3.89. The number of anilines is 1. The average Bonchev–Trinajstić information content (AvgIpc) is 2.80. The number of carbonyl (C=O) groups is 1. The van der Waals surface area contributed by atoms with Gasteiger partial charge in [-0.15, -0.1) is 0 Å². The number of benzene rings is 1. The Morgan fingerprint density at radius 3 is 2.75 bits per heavy atom. The van der Waals surface area contributed by atoms with Crippen LogP contribution in [0.5, 0.6) is 0 Å². The van der Waals surface area contributed by atoms with Gasteiger partial charge in [-0.3, -0.25) is 4.90 Å². The van der Waals surface area contributed by atoms with Crippen LogP contribution in [0.3, 0.4) is 0 Å². The van der Waals surface area contributed by atoms with Gasteiger partial charge in [0.05, 0.1) is 0 Å². The molecule has 2 amide bonds. The van der Waals surface area contributed by atoms with E-state index in [1.165, 1.54) is 18.4 Å². The summed E-state index contributed by atoms with van der Waals surface area (Å²) in [5.74, 6) is 0.781. The molecule has 0 saturated carbocycles. The van der Waals surface area contributed by atoms with Crippen molar-refractivity contribution in [2.45, 2.75) is 19.3 Å². The Kier molecular flexibility index (Phi) is 3.92. The molecule has 0 radical (unpaired) electrons. The van der Waals surface area contributed by atoms with Gasteiger partial charge in [-0.25, -0.2) is 4.79 Å². The number of hydrogen-bond acceptors (Lipinski definition) is 2. The summed E-state index contributed by atoms with van der Waals surface area (Å²) >= 11 is 0. The van der Waals surface area contributed by atoms with Crippen molar-refractivity contribution in [2.75, 3.05) is 38.1 Å². The number of rotatable bonds is 3. The Morgan fingerprint density at radius 1 is 1.25 bits per heavy atom. The fourth-order valence-corrected chi connectivity index (χ4v) is 3.16. The molecule has 20 heavy (non-hydrogen) atoms. The first kappa shape index (κ1) is 13.4. The van der Waals surface area contributed by atoms with Crippen LogP contribution < -0.4 is 10.2 Å². The maximum atomic E-state index is 12.1. The molecule has 4 heteroatoms. The van der Waals surface area contributed by atoms with Crippen molar-refractivity contribution in [1.29, 1.82) is 0 Å². The van der Waals surface area contributed by atoms with Crippen LogP contribution in [-0.4, -0.2) is 44.2 Å². The van der Waals surface area contributed by atoms with Gasteiger partial charge in [0.15, 0.2) is 0 Å². The lowest BCUT2D eigenvalue weighted by Crippen LogP contribution is -2.29. The summed E-state index contributed by atoms with van der Waals surface area (Å²) in [4.78, 5) is 15.7. The molecule has 2 saturated heterocycles. The predicted octanol–water partition coefficient (Wildman–Crippen LogP) is 2.10. The summed E-state index contributed by atoms with van der Waals surface area (Å²) in [7, 11) is 1.86. The summed E-state index contributed by atoms with van der Waals surface area (Å²) in [6.07, 6.45) is 3.65. The van der Waals surface area contributed by atoms with Crippen LogP contribution in [0, 0.1) is 5.92 Å². The van der Waals surface area contributed by atoms with E-state index >= 15 is 0 Å². The number of likely N-dealkylation sites (N-methyl/N-ethyl adjacent to an activating group) is 1. The molecule has 1 N–H and O–H groups in total. The molecule has 2 aliphatic rings. The van der Waals surface area contributed by atoms with Gasteiger partial charge < -0.3 is 10.2 Å². The molecule has 0 unspecified atom stereocenters. The van der Waals surface area contributed by atoms with E-state index in [-0.39, 0.29) is 6.03 Å². The minimum Gasteiger partial charge on any atom is -0.326 e. The Hall–Kier alpha value is -1.55. The van der Waals surface area contributed by atoms with Crippen LogP contribution in [0.1, 0.15) is 18.4 Å². The summed E-state index contributed by atoms with van der Waals surface area (Å²) in [5.41, 5.74) is 2.41. The number of amides is 2. The molecule has 2 aliphatic heterocycles. The monoisotopic (exact) mass is 273 g/mol. The molecule has 2 fully saturated rings.